The first-order valence-electron chi connectivity index (χ1n) is 10.7. The minimum absolute atomic E-state index is 0.0195. The van der Waals surface area contributed by atoms with Crippen molar-refractivity contribution in [1.29, 1.82) is 5.26 Å². The summed E-state index contributed by atoms with van der Waals surface area (Å²) in [6.45, 7) is 1.99. The van der Waals surface area contributed by atoms with E-state index in [0.717, 1.165) is 12.8 Å². The van der Waals surface area contributed by atoms with Gasteiger partial charge in [0, 0.05) is 24.4 Å². The molecule has 1 atom stereocenters. The second kappa shape index (κ2) is 7.23. The predicted octanol–water partition coefficient (Wildman–Crippen LogP) is 3.73. The van der Waals surface area contributed by atoms with Crippen LogP contribution in [-0.4, -0.2) is 25.5 Å². The normalized spacial score (nSPS) is 19.2. The standard InChI is InChI=1S/C24H23FN6O/c1-13-3-6-17-23(27)28-12-19(29-17)21-18(30-31(2)20(21)11-26)10-24(7-8-24)22(32)15-5-4-14(25)9-16(13)15/h4-5,9,12-13H,3,6-8,10H2,1-2H3,(H2,27,28)/t13-/m0/s1. The second-order valence-electron chi connectivity index (χ2n) is 8.95. The lowest BCUT2D eigenvalue weighted by Gasteiger charge is -2.19. The van der Waals surface area contributed by atoms with E-state index in [1.165, 1.54) is 16.8 Å². The molecule has 2 aliphatic rings. The fraction of sp³-hybridized carbons (Fsp3) is 0.375. The number of nitrogens with two attached hydrogens (primary N) is 1. The maximum absolute atomic E-state index is 14.2. The molecular formula is C24H23FN6O. The maximum Gasteiger partial charge on any atom is 0.169 e. The van der Waals surface area contributed by atoms with Gasteiger partial charge in [0.25, 0.3) is 0 Å². The molecule has 1 saturated carbocycles. The number of Topliss-reactive ketones (excluding diaryl/α,β-unsaturated/α-hetero) is 1. The van der Waals surface area contributed by atoms with Gasteiger partial charge < -0.3 is 5.73 Å². The van der Waals surface area contributed by atoms with Crippen molar-refractivity contribution in [2.75, 3.05) is 5.73 Å². The van der Waals surface area contributed by atoms with Gasteiger partial charge in [-0.2, -0.15) is 10.4 Å². The summed E-state index contributed by atoms with van der Waals surface area (Å²) < 4.78 is 15.7. The number of halogens is 1. The van der Waals surface area contributed by atoms with Crippen molar-refractivity contribution in [1.82, 2.24) is 19.7 Å². The Morgan fingerprint density at radius 1 is 1.31 bits per heavy atom. The Bertz CT molecular complexity index is 1300. The van der Waals surface area contributed by atoms with E-state index in [1.54, 1.807) is 19.3 Å². The highest BCUT2D eigenvalue weighted by atomic mass is 19.1. The molecule has 1 aliphatic heterocycles. The van der Waals surface area contributed by atoms with Gasteiger partial charge in [0.1, 0.15) is 23.4 Å². The quantitative estimate of drug-likeness (QED) is 0.582. The van der Waals surface area contributed by atoms with Crippen LogP contribution in [0.5, 0.6) is 0 Å². The Balaban J connectivity index is 1.74. The number of rotatable bonds is 0. The summed E-state index contributed by atoms with van der Waals surface area (Å²) in [6.07, 6.45) is 4.56. The van der Waals surface area contributed by atoms with E-state index in [4.69, 9.17) is 10.7 Å². The molecule has 2 aromatic heterocycles. The maximum atomic E-state index is 14.2. The number of ketones is 1. The average Bonchev–Trinajstić information content (AvgIpc) is 3.48. The van der Waals surface area contributed by atoms with Crippen LogP contribution in [0.4, 0.5) is 10.2 Å². The van der Waals surface area contributed by atoms with E-state index in [-0.39, 0.29) is 17.5 Å². The molecule has 3 heterocycles. The summed E-state index contributed by atoms with van der Waals surface area (Å²) >= 11 is 0. The van der Waals surface area contributed by atoms with E-state index in [1.807, 2.05) is 6.92 Å². The van der Waals surface area contributed by atoms with E-state index in [0.29, 0.717) is 64.5 Å². The van der Waals surface area contributed by atoms with Gasteiger partial charge >= 0.3 is 0 Å². The number of hydrogen-bond acceptors (Lipinski definition) is 6. The number of anilines is 1. The van der Waals surface area contributed by atoms with Crippen molar-refractivity contribution in [2.45, 2.75) is 44.9 Å². The number of aryl methyl sites for hydroxylation is 2. The fourth-order valence-electron chi connectivity index (χ4n) is 4.74. The van der Waals surface area contributed by atoms with Crippen LogP contribution in [-0.2, 0) is 19.9 Å². The van der Waals surface area contributed by atoms with Crippen molar-refractivity contribution in [3.05, 3.63) is 58.4 Å². The summed E-state index contributed by atoms with van der Waals surface area (Å²) in [5, 5.41) is 14.4. The smallest absolute Gasteiger partial charge is 0.169 e. The highest BCUT2D eigenvalue weighted by Gasteiger charge is 2.51. The second-order valence-corrected chi connectivity index (χ2v) is 8.95. The monoisotopic (exact) mass is 430 g/mol. The van der Waals surface area contributed by atoms with Gasteiger partial charge in [0.05, 0.1) is 28.8 Å². The summed E-state index contributed by atoms with van der Waals surface area (Å²) in [5.74, 6) is -0.0764. The number of fused-ring (bicyclic) bond motifs is 5. The molecule has 2 bridgehead atoms. The van der Waals surface area contributed by atoms with Gasteiger partial charge in [-0.1, -0.05) is 6.92 Å². The molecule has 162 valence electrons. The van der Waals surface area contributed by atoms with E-state index in [2.05, 4.69) is 16.2 Å². The highest BCUT2D eigenvalue weighted by Crippen LogP contribution is 2.52. The fourth-order valence-corrected chi connectivity index (χ4v) is 4.74. The lowest BCUT2D eigenvalue weighted by atomic mass is 9.83. The third kappa shape index (κ3) is 3.16. The Kier molecular flexibility index (Phi) is 4.59. The van der Waals surface area contributed by atoms with Crippen LogP contribution in [0.1, 0.15) is 65.1 Å². The molecule has 8 heteroatoms. The molecule has 3 aromatic rings. The molecule has 0 radical (unpaired) electrons. The molecule has 1 fully saturated rings. The van der Waals surface area contributed by atoms with Crippen LogP contribution in [0.3, 0.4) is 0 Å². The number of carbonyl (C=O) groups is 1. The topological polar surface area (TPSA) is 110 Å². The number of carbonyl (C=O) groups excluding carboxylic acids is 1. The van der Waals surface area contributed by atoms with E-state index < -0.39 is 5.41 Å². The van der Waals surface area contributed by atoms with Gasteiger partial charge in [-0.25, -0.2) is 14.4 Å². The van der Waals surface area contributed by atoms with E-state index >= 15 is 0 Å². The van der Waals surface area contributed by atoms with Crippen LogP contribution in [0.25, 0.3) is 11.3 Å². The average molecular weight is 430 g/mol. The third-order valence-electron chi connectivity index (χ3n) is 6.80. The summed E-state index contributed by atoms with van der Waals surface area (Å²) in [6, 6.07) is 6.65. The van der Waals surface area contributed by atoms with E-state index in [9.17, 15) is 14.4 Å². The Labute approximate surface area is 185 Å². The number of benzene rings is 1. The minimum atomic E-state index is -0.597. The number of nitrogens with zero attached hydrogens (tertiary/aromatic N) is 5. The van der Waals surface area contributed by atoms with Crippen LogP contribution >= 0.6 is 0 Å². The van der Waals surface area contributed by atoms with Gasteiger partial charge in [-0.3, -0.25) is 9.48 Å². The van der Waals surface area contributed by atoms with Crippen molar-refractivity contribution < 1.29 is 9.18 Å². The predicted molar refractivity (Wildman–Crippen MR) is 116 cm³/mol. The molecular weight excluding hydrogens is 407 g/mol. The Morgan fingerprint density at radius 2 is 2.09 bits per heavy atom. The first-order chi connectivity index (χ1) is 15.3. The summed E-state index contributed by atoms with van der Waals surface area (Å²) in [5.41, 5.74) is 9.58. The highest BCUT2D eigenvalue weighted by molar-refractivity contribution is 6.03. The van der Waals surface area contributed by atoms with Crippen LogP contribution in [0.15, 0.2) is 24.4 Å². The zero-order chi connectivity index (χ0) is 22.6. The first kappa shape index (κ1) is 20.3. The van der Waals surface area contributed by atoms with Crippen LogP contribution < -0.4 is 5.73 Å². The van der Waals surface area contributed by atoms with Gasteiger partial charge in [-0.15, -0.1) is 0 Å². The molecule has 1 aromatic carbocycles. The molecule has 1 aliphatic carbocycles. The van der Waals surface area contributed by atoms with Crippen molar-refractivity contribution in [2.24, 2.45) is 12.5 Å². The molecule has 2 N–H and O–H groups in total. The van der Waals surface area contributed by atoms with Gasteiger partial charge in [-0.05, 0) is 55.4 Å². The zero-order valence-corrected chi connectivity index (χ0v) is 18.0. The zero-order valence-electron chi connectivity index (χ0n) is 18.0. The minimum Gasteiger partial charge on any atom is -0.382 e. The largest absolute Gasteiger partial charge is 0.382 e. The molecule has 32 heavy (non-hydrogen) atoms. The molecule has 0 unspecified atom stereocenters. The molecule has 1 spiro atoms. The number of nitriles is 1. The summed E-state index contributed by atoms with van der Waals surface area (Å²) in [7, 11) is 1.71. The third-order valence-corrected chi connectivity index (χ3v) is 6.80. The molecule has 0 saturated heterocycles. The SMILES string of the molecule is C[C@H]1CCc2nc(cnc2N)-c2c(nn(C)c2C#N)CC2(CC2)C(=O)c2ccc(F)cc21. The Morgan fingerprint density at radius 3 is 2.81 bits per heavy atom. The summed E-state index contributed by atoms with van der Waals surface area (Å²) in [4.78, 5) is 22.8. The molecule has 0 amide bonds. The number of aromatic nitrogens is 4. The number of hydrogen-bond donors (Lipinski definition) is 1. The van der Waals surface area contributed by atoms with Gasteiger partial charge in [0.2, 0.25) is 0 Å². The first-order valence-corrected chi connectivity index (χ1v) is 10.7. The number of nitrogen functional groups attached to an aromatic ring is 1. The molecule has 7 nitrogen and oxygen atoms in total. The van der Waals surface area contributed by atoms with Crippen LogP contribution in [0, 0.1) is 22.6 Å². The lowest BCUT2D eigenvalue weighted by Crippen LogP contribution is -2.21. The van der Waals surface area contributed by atoms with Crippen molar-refractivity contribution in [3.8, 4) is 17.3 Å². The van der Waals surface area contributed by atoms with Crippen molar-refractivity contribution >= 4 is 11.6 Å². The molecule has 5 rings (SSSR count). The van der Waals surface area contributed by atoms with Crippen LogP contribution in [0.2, 0.25) is 0 Å². The van der Waals surface area contributed by atoms with Crippen molar-refractivity contribution in [3.63, 3.8) is 0 Å². The lowest BCUT2D eigenvalue weighted by molar-refractivity contribution is 0.0897. The van der Waals surface area contributed by atoms with Gasteiger partial charge in [0.15, 0.2) is 5.78 Å². The Hall–Kier alpha value is -3.60.